The second kappa shape index (κ2) is 5.97. The van der Waals surface area contributed by atoms with E-state index in [1.165, 1.54) is 6.26 Å². The summed E-state index contributed by atoms with van der Waals surface area (Å²) in [6.07, 6.45) is 1.22. The third-order valence-corrected chi connectivity index (χ3v) is 3.51. The monoisotopic (exact) mass is 272 g/mol. The first-order valence-corrected chi connectivity index (χ1v) is 7.60. The Kier molecular flexibility index (Phi) is 4.89. The zero-order valence-corrected chi connectivity index (χ0v) is 11.5. The topological polar surface area (TPSA) is 49.4 Å². The van der Waals surface area contributed by atoms with E-state index >= 15 is 0 Å². The molecule has 1 N–H and O–H groups in total. The molecular formula is C11H16N2O2S2. The van der Waals surface area contributed by atoms with Crippen molar-refractivity contribution < 1.29 is 8.42 Å². The van der Waals surface area contributed by atoms with Crippen molar-refractivity contribution >= 4 is 32.9 Å². The van der Waals surface area contributed by atoms with Crippen LogP contribution in [0, 0.1) is 0 Å². The van der Waals surface area contributed by atoms with Crippen LogP contribution < -0.4 is 5.32 Å². The molecule has 0 spiro atoms. The number of nitrogens with one attached hydrogen (secondary N) is 1. The van der Waals surface area contributed by atoms with E-state index in [0.717, 1.165) is 5.69 Å². The van der Waals surface area contributed by atoms with Gasteiger partial charge in [-0.3, -0.25) is 0 Å². The summed E-state index contributed by atoms with van der Waals surface area (Å²) in [5.74, 6) is 0.0973. The van der Waals surface area contributed by atoms with Crippen molar-refractivity contribution in [1.29, 1.82) is 0 Å². The van der Waals surface area contributed by atoms with Crippen LogP contribution in [-0.4, -0.2) is 44.0 Å². The van der Waals surface area contributed by atoms with Crippen molar-refractivity contribution in [2.24, 2.45) is 0 Å². The normalized spacial score (nSPS) is 10.9. The van der Waals surface area contributed by atoms with E-state index in [1.807, 2.05) is 30.3 Å². The summed E-state index contributed by atoms with van der Waals surface area (Å²) in [7, 11) is -1.19. The van der Waals surface area contributed by atoms with Crippen molar-refractivity contribution in [3.05, 3.63) is 30.3 Å². The van der Waals surface area contributed by atoms with Crippen LogP contribution in [0.3, 0.4) is 0 Å². The van der Waals surface area contributed by atoms with Crippen LogP contribution in [0.1, 0.15) is 0 Å². The highest BCUT2D eigenvalue weighted by atomic mass is 32.2. The summed E-state index contributed by atoms with van der Waals surface area (Å²) in [5, 5.41) is 3.55. The smallest absolute Gasteiger partial charge is 0.173 e. The lowest BCUT2D eigenvalue weighted by atomic mass is 10.3. The third kappa shape index (κ3) is 5.65. The van der Waals surface area contributed by atoms with E-state index in [0.29, 0.717) is 11.7 Å². The quantitative estimate of drug-likeness (QED) is 0.839. The summed E-state index contributed by atoms with van der Waals surface area (Å²) >= 11 is 5.17. The van der Waals surface area contributed by atoms with Gasteiger partial charge in [-0.2, -0.15) is 0 Å². The van der Waals surface area contributed by atoms with Gasteiger partial charge in [-0.05, 0) is 24.4 Å². The summed E-state index contributed by atoms with van der Waals surface area (Å²) in [6.45, 7) is 0.386. The Morgan fingerprint density at radius 2 is 1.94 bits per heavy atom. The minimum Gasteiger partial charge on any atom is -0.351 e. The minimum absolute atomic E-state index is 0.0973. The van der Waals surface area contributed by atoms with Crippen molar-refractivity contribution in [2.45, 2.75) is 0 Å². The van der Waals surface area contributed by atoms with Crippen molar-refractivity contribution in [1.82, 2.24) is 4.90 Å². The fraction of sp³-hybridized carbons (Fsp3) is 0.364. The van der Waals surface area contributed by atoms with E-state index < -0.39 is 9.84 Å². The highest BCUT2D eigenvalue weighted by molar-refractivity contribution is 7.90. The number of hydrogen-bond acceptors (Lipinski definition) is 3. The maximum atomic E-state index is 11.0. The van der Waals surface area contributed by atoms with Gasteiger partial charge in [0.2, 0.25) is 0 Å². The molecule has 6 heteroatoms. The van der Waals surface area contributed by atoms with Crippen LogP contribution in [0.15, 0.2) is 30.3 Å². The molecule has 0 aliphatic rings. The van der Waals surface area contributed by atoms with Crippen LogP contribution in [0.2, 0.25) is 0 Å². The van der Waals surface area contributed by atoms with Crippen LogP contribution in [0.25, 0.3) is 0 Å². The Morgan fingerprint density at radius 3 is 2.47 bits per heavy atom. The van der Waals surface area contributed by atoms with Gasteiger partial charge < -0.3 is 10.2 Å². The van der Waals surface area contributed by atoms with E-state index in [1.54, 1.807) is 11.9 Å². The van der Waals surface area contributed by atoms with Gasteiger partial charge in [0, 0.05) is 25.5 Å². The fourth-order valence-electron chi connectivity index (χ4n) is 1.14. The molecule has 94 valence electrons. The van der Waals surface area contributed by atoms with Gasteiger partial charge in [-0.1, -0.05) is 18.2 Å². The molecule has 0 unspecified atom stereocenters. The minimum atomic E-state index is -2.95. The number of thiocarbonyl (C=S) groups is 1. The molecule has 0 radical (unpaired) electrons. The van der Waals surface area contributed by atoms with Crippen LogP contribution in [0.5, 0.6) is 0 Å². The Bertz CT molecular complexity index is 472. The lowest BCUT2D eigenvalue weighted by molar-refractivity contribution is 0.533. The lowest BCUT2D eigenvalue weighted by Crippen LogP contribution is -2.34. The van der Waals surface area contributed by atoms with Crippen LogP contribution in [-0.2, 0) is 9.84 Å². The molecule has 1 aromatic rings. The van der Waals surface area contributed by atoms with E-state index in [4.69, 9.17) is 12.2 Å². The van der Waals surface area contributed by atoms with Gasteiger partial charge in [-0.25, -0.2) is 8.42 Å². The maximum absolute atomic E-state index is 11.0. The number of rotatable bonds is 4. The molecule has 0 fully saturated rings. The first-order chi connectivity index (χ1) is 7.88. The first kappa shape index (κ1) is 13.9. The zero-order chi connectivity index (χ0) is 12.9. The summed E-state index contributed by atoms with van der Waals surface area (Å²) < 4.78 is 22.1. The van der Waals surface area contributed by atoms with Gasteiger partial charge in [0.25, 0.3) is 0 Å². The number of para-hydroxylation sites is 1. The predicted octanol–water partition coefficient (Wildman–Crippen LogP) is 1.36. The number of nitrogens with zero attached hydrogens (tertiary/aromatic N) is 1. The average Bonchev–Trinajstić information content (AvgIpc) is 2.26. The van der Waals surface area contributed by atoms with Crippen LogP contribution >= 0.6 is 12.2 Å². The Balaban J connectivity index is 2.48. The van der Waals surface area contributed by atoms with Gasteiger partial charge in [0.05, 0.1) is 5.75 Å². The van der Waals surface area contributed by atoms with Gasteiger partial charge in [0.15, 0.2) is 5.11 Å². The Morgan fingerprint density at radius 1 is 1.35 bits per heavy atom. The molecule has 0 aliphatic carbocycles. The molecule has 4 nitrogen and oxygen atoms in total. The third-order valence-electron chi connectivity index (χ3n) is 2.17. The number of hydrogen-bond donors (Lipinski definition) is 1. The molecule has 0 saturated carbocycles. The van der Waals surface area contributed by atoms with E-state index in [2.05, 4.69) is 5.32 Å². The van der Waals surface area contributed by atoms with Gasteiger partial charge in [-0.15, -0.1) is 0 Å². The molecule has 0 heterocycles. The molecule has 0 atom stereocenters. The molecule has 17 heavy (non-hydrogen) atoms. The van der Waals surface area contributed by atoms with E-state index in [9.17, 15) is 8.42 Å². The molecule has 0 aromatic heterocycles. The Hall–Kier alpha value is -1.14. The first-order valence-electron chi connectivity index (χ1n) is 5.13. The Labute approximate surface area is 108 Å². The summed E-state index contributed by atoms with van der Waals surface area (Å²) in [4.78, 5) is 1.71. The molecule has 0 bridgehead atoms. The second-order valence-electron chi connectivity index (χ2n) is 3.85. The molecule has 0 aliphatic heterocycles. The SMILES string of the molecule is CN(CCS(C)(=O)=O)C(=S)Nc1ccccc1. The van der Waals surface area contributed by atoms with Crippen molar-refractivity contribution in [3.63, 3.8) is 0 Å². The molecule has 1 rings (SSSR count). The van der Waals surface area contributed by atoms with Gasteiger partial charge in [0.1, 0.15) is 9.84 Å². The fourth-order valence-corrected chi connectivity index (χ4v) is 1.96. The number of sulfone groups is 1. The second-order valence-corrected chi connectivity index (χ2v) is 6.49. The number of anilines is 1. The highest BCUT2D eigenvalue weighted by Crippen LogP contribution is 2.06. The molecule has 0 amide bonds. The van der Waals surface area contributed by atoms with E-state index in [-0.39, 0.29) is 5.75 Å². The molecular weight excluding hydrogens is 256 g/mol. The van der Waals surface area contributed by atoms with Gasteiger partial charge >= 0.3 is 0 Å². The summed E-state index contributed by atoms with van der Waals surface area (Å²) in [5.41, 5.74) is 0.892. The van der Waals surface area contributed by atoms with Crippen molar-refractivity contribution in [3.8, 4) is 0 Å². The average molecular weight is 272 g/mol. The molecule has 1 aromatic carbocycles. The largest absolute Gasteiger partial charge is 0.351 e. The lowest BCUT2D eigenvalue weighted by Gasteiger charge is -2.20. The zero-order valence-electron chi connectivity index (χ0n) is 9.88. The van der Waals surface area contributed by atoms with Crippen LogP contribution in [0.4, 0.5) is 5.69 Å². The maximum Gasteiger partial charge on any atom is 0.173 e. The standard InChI is InChI=1S/C11H16N2O2S2/c1-13(8-9-17(2,14)15)11(16)12-10-6-4-3-5-7-10/h3-7H,8-9H2,1-2H3,(H,12,16). The predicted molar refractivity (Wildman–Crippen MR) is 75.0 cm³/mol. The molecule has 0 saturated heterocycles. The van der Waals surface area contributed by atoms with Crippen molar-refractivity contribution in [2.75, 3.05) is 30.9 Å². The number of benzene rings is 1. The summed E-state index contributed by atoms with van der Waals surface area (Å²) in [6, 6.07) is 9.53. The highest BCUT2D eigenvalue weighted by Gasteiger charge is 2.08.